The van der Waals surface area contributed by atoms with Crippen LogP contribution < -0.4 is 0 Å². The number of aromatic nitrogens is 1. The average Bonchev–Trinajstić information content (AvgIpc) is 2.38. The molecule has 1 fully saturated rings. The SMILES string of the molecule is O=Cc1cncc(/C=C/C2CCCCC2)c1. The fourth-order valence-corrected chi connectivity index (χ4v) is 2.21. The molecule has 0 bridgehead atoms. The molecule has 1 heterocycles. The molecule has 2 nitrogen and oxygen atoms in total. The van der Waals surface area contributed by atoms with E-state index in [0.29, 0.717) is 11.5 Å². The second kappa shape index (κ2) is 5.59. The van der Waals surface area contributed by atoms with Crippen LogP contribution in [0.1, 0.15) is 48.0 Å². The van der Waals surface area contributed by atoms with Gasteiger partial charge in [0.1, 0.15) is 0 Å². The normalized spacial score (nSPS) is 17.8. The molecule has 0 N–H and O–H groups in total. The molecule has 1 aliphatic carbocycles. The first kappa shape index (κ1) is 11.1. The molecule has 0 amide bonds. The van der Waals surface area contributed by atoms with Gasteiger partial charge in [-0.25, -0.2) is 0 Å². The molecule has 0 atom stereocenters. The third-order valence-electron chi connectivity index (χ3n) is 3.13. The Morgan fingerprint density at radius 3 is 2.62 bits per heavy atom. The summed E-state index contributed by atoms with van der Waals surface area (Å²) in [5.41, 5.74) is 1.67. The van der Waals surface area contributed by atoms with Crippen molar-refractivity contribution in [3.63, 3.8) is 0 Å². The lowest BCUT2D eigenvalue weighted by atomic mass is 9.89. The number of hydrogen-bond donors (Lipinski definition) is 0. The Bertz CT molecular complexity index is 378. The Labute approximate surface area is 96.4 Å². The van der Waals surface area contributed by atoms with Crippen molar-refractivity contribution in [2.45, 2.75) is 32.1 Å². The molecule has 84 valence electrons. The largest absolute Gasteiger partial charge is 0.298 e. The number of nitrogens with zero attached hydrogens (tertiary/aromatic N) is 1. The zero-order valence-electron chi connectivity index (χ0n) is 9.43. The maximum atomic E-state index is 10.6. The van der Waals surface area contributed by atoms with Gasteiger partial charge in [-0.15, -0.1) is 0 Å². The molecule has 16 heavy (non-hydrogen) atoms. The van der Waals surface area contributed by atoms with E-state index in [2.05, 4.69) is 17.1 Å². The van der Waals surface area contributed by atoms with Gasteiger partial charge < -0.3 is 0 Å². The van der Waals surface area contributed by atoms with Gasteiger partial charge in [0.25, 0.3) is 0 Å². The number of carbonyl (C=O) groups excluding carboxylic acids is 1. The number of pyridine rings is 1. The molecule has 0 unspecified atom stereocenters. The zero-order chi connectivity index (χ0) is 11.2. The Balaban J connectivity index is 2.01. The van der Waals surface area contributed by atoms with Crippen molar-refractivity contribution in [2.75, 3.05) is 0 Å². The van der Waals surface area contributed by atoms with Crippen LogP contribution in [0.25, 0.3) is 6.08 Å². The van der Waals surface area contributed by atoms with Crippen molar-refractivity contribution < 1.29 is 4.79 Å². The molecule has 1 saturated carbocycles. The molecular weight excluding hydrogens is 198 g/mol. The summed E-state index contributed by atoms with van der Waals surface area (Å²) < 4.78 is 0. The topological polar surface area (TPSA) is 30.0 Å². The van der Waals surface area contributed by atoms with Crippen molar-refractivity contribution in [1.29, 1.82) is 0 Å². The molecule has 0 radical (unpaired) electrons. The molecule has 2 rings (SSSR count). The van der Waals surface area contributed by atoms with E-state index >= 15 is 0 Å². The van der Waals surface area contributed by atoms with Gasteiger partial charge in [0.15, 0.2) is 6.29 Å². The van der Waals surface area contributed by atoms with Crippen LogP contribution in [0.3, 0.4) is 0 Å². The van der Waals surface area contributed by atoms with E-state index in [9.17, 15) is 4.79 Å². The Morgan fingerprint density at radius 1 is 1.12 bits per heavy atom. The van der Waals surface area contributed by atoms with Gasteiger partial charge in [-0.3, -0.25) is 9.78 Å². The maximum absolute atomic E-state index is 10.6. The van der Waals surface area contributed by atoms with Gasteiger partial charge >= 0.3 is 0 Å². The maximum Gasteiger partial charge on any atom is 0.151 e. The predicted octanol–water partition coefficient (Wildman–Crippen LogP) is 3.49. The summed E-state index contributed by atoms with van der Waals surface area (Å²) in [6, 6.07) is 1.87. The quantitative estimate of drug-likeness (QED) is 0.722. The number of hydrogen-bond acceptors (Lipinski definition) is 2. The monoisotopic (exact) mass is 215 g/mol. The van der Waals surface area contributed by atoms with E-state index in [1.165, 1.54) is 32.1 Å². The van der Waals surface area contributed by atoms with Gasteiger partial charge in [-0.05, 0) is 30.4 Å². The lowest BCUT2D eigenvalue weighted by molar-refractivity contribution is 0.112. The smallest absolute Gasteiger partial charge is 0.151 e. The highest BCUT2D eigenvalue weighted by Crippen LogP contribution is 2.25. The van der Waals surface area contributed by atoms with Crippen LogP contribution in [0.5, 0.6) is 0 Å². The number of allylic oxidation sites excluding steroid dienone is 1. The Morgan fingerprint density at radius 2 is 1.88 bits per heavy atom. The standard InChI is InChI=1S/C14H17NO/c16-11-14-8-13(9-15-10-14)7-6-12-4-2-1-3-5-12/h6-12H,1-5H2/b7-6+. The van der Waals surface area contributed by atoms with Gasteiger partial charge in [0.05, 0.1) is 0 Å². The molecule has 0 spiro atoms. The van der Waals surface area contributed by atoms with E-state index in [-0.39, 0.29) is 0 Å². The van der Waals surface area contributed by atoms with Crippen LogP contribution in [-0.4, -0.2) is 11.3 Å². The van der Waals surface area contributed by atoms with Crippen molar-refractivity contribution >= 4 is 12.4 Å². The Kier molecular flexibility index (Phi) is 3.86. The van der Waals surface area contributed by atoms with Gasteiger partial charge in [0.2, 0.25) is 0 Å². The van der Waals surface area contributed by atoms with E-state index in [1.54, 1.807) is 12.4 Å². The molecule has 0 aromatic carbocycles. The van der Waals surface area contributed by atoms with Gasteiger partial charge in [-0.2, -0.15) is 0 Å². The van der Waals surface area contributed by atoms with Crippen molar-refractivity contribution in [3.05, 3.63) is 35.7 Å². The molecule has 0 aliphatic heterocycles. The third kappa shape index (κ3) is 3.02. The Hall–Kier alpha value is -1.44. The second-order valence-corrected chi connectivity index (χ2v) is 4.43. The van der Waals surface area contributed by atoms with E-state index in [1.807, 2.05) is 6.07 Å². The van der Waals surface area contributed by atoms with Crippen LogP contribution in [0.2, 0.25) is 0 Å². The first-order valence-electron chi connectivity index (χ1n) is 5.97. The molecule has 0 saturated heterocycles. The fourth-order valence-electron chi connectivity index (χ4n) is 2.21. The molecule has 1 aliphatic rings. The van der Waals surface area contributed by atoms with Crippen LogP contribution >= 0.6 is 0 Å². The van der Waals surface area contributed by atoms with Crippen LogP contribution in [0.15, 0.2) is 24.5 Å². The zero-order valence-corrected chi connectivity index (χ0v) is 9.43. The average molecular weight is 215 g/mol. The van der Waals surface area contributed by atoms with E-state index < -0.39 is 0 Å². The van der Waals surface area contributed by atoms with E-state index in [0.717, 1.165) is 11.8 Å². The summed E-state index contributed by atoms with van der Waals surface area (Å²) in [6.07, 6.45) is 15.3. The van der Waals surface area contributed by atoms with Gasteiger partial charge in [-0.1, -0.05) is 31.4 Å². The first-order chi connectivity index (χ1) is 7.88. The first-order valence-corrected chi connectivity index (χ1v) is 5.97. The summed E-state index contributed by atoms with van der Waals surface area (Å²) in [5.74, 6) is 0.716. The van der Waals surface area contributed by atoms with Crippen molar-refractivity contribution in [1.82, 2.24) is 4.98 Å². The minimum Gasteiger partial charge on any atom is -0.298 e. The van der Waals surface area contributed by atoms with Crippen molar-refractivity contribution in [2.24, 2.45) is 5.92 Å². The second-order valence-electron chi connectivity index (χ2n) is 4.43. The summed E-state index contributed by atoms with van der Waals surface area (Å²) in [6.45, 7) is 0. The fraction of sp³-hybridized carbons (Fsp3) is 0.429. The molecular formula is C14H17NO. The van der Waals surface area contributed by atoms with Crippen molar-refractivity contribution in [3.8, 4) is 0 Å². The predicted molar refractivity (Wildman–Crippen MR) is 65.2 cm³/mol. The highest BCUT2D eigenvalue weighted by Gasteiger charge is 2.09. The minimum absolute atomic E-state index is 0.644. The number of carbonyl (C=O) groups is 1. The number of aldehydes is 1. The van der Waals surface area contributed by atoms with E-state index in [4.69, 9.17) is 0 Å². The lowest BCUT2D eigenvalue weighted by Gasteiger charge is -2.17. The summed E-state index contributed by atoms with van der Waals surface area (Å²) >= 11 is 0. The number of rotatable bonds is 3. The summed E-state index contributed by atoms with van der Waals surface area (Å²) in [5, 5.41) is 0. The molecule has 2 heteroatoms. The van der Waals surface area contributed by atoms with Crippen LogP contribution in [0, 0.1) is 5.92 Å². The molecule has 1 aromatic heterocycles. The molecule has 1 aromatic rings. The highest BCUT2D eigenvalue weighted by molar-refractivity contribution is 5.75. The summed E-state index contributed by atoms with van der Waals surface area (Å²) in [4.78, 5) is 14.6. The minimum atomic E-state index is 0.644. The summed E-state index contributed by atoms with van der Waals surface area (Å²) in [7, 11) is 0. The van der Waals surface area contributed by atoms with Crippen LogP contribution in [-0.2, 0) is 0 Å². The van der Waals surface area contributed by atoms with Gasteiger partial charge in [0, 0.05) is 18.0 Å². The van der Waals surface area contributed by atoms with Crippen LogP contribution in [0.4, 0.5) is 0 Å². The lowest BCUT2D eigenvalue weighted by Crippen LogP contribution is -2.02. The third-order valence-corrected chi connectivity index (χ3v) is 3.13. The highest BCUT2D eigenvalue weighted by atomic mass is 16.1.